The minimum absolute atomic E-state index is 0.740. The first-order chi connectivity index (χ1) is 14.2. The molecule has 2 nitrogen and oxygen atoms in total. The molecule has 0 bridgehead atoms. The summed E-state index contributed by atoms with van der Waals surface area (Å²) in [5.41, 5.74) is 0. The molecule has 29 heavy (non-hydrogen) atoms. The lowest BCUT2D eigenvalue weighted by molar-refractivity contribution is 0.188. The van der Waals surface area contributed by atoms with Gasteiger partial charge in [0.1, 0.15) is 11.5 Å². The zero-order chi connectivity index (χ0) is 20.3. The molecule has 2 fully saturated rings. The van der Waals surface area contributed by atoms with E-state index in [9.17, 15) is 0 Å². The van der Waals surface area contributed by atoms with Crippen molar-refractivity contribution in [3.05, 3.63) is 24.3 Å². The van der Waals surface area contributed by atoms with Crippen LogP contribution in [0, 0.1) is 23.7 Å². The zero-order valence-electron chi connectivity index (χ0n) is 19.0. The monoisotopic (exact) mass is 400 g/mol. The van der Waals surface area contributed by atoms with Gasteiger partial charge < -0.3 is 9.47 Å². The second kappa shape index (κ2) is 12.5. The van der Waals surface area contributed by atoms with Gasteiger partial charge in [-0.2, -0.15) is 0 Å². The van der Waals surface area contributed by atoms with Crippen molar-refractivity contribution in [2.75, 3.05) is 13.2 Å². The highest BCUT2D eigenvalue weighted by Crippen LogP contribution is 2.34. The number of hydrogen-bond donors (Lipinski definition) is 0. The molecule has 0 N–H and O–H groups in total. The van der Waals surface area contributed by atoms with Gasteiger partial charge in [0.2, 0.25) is 0 Å². The molecule has 1 aromatic rings. The van der Waals surface area contributed by atoms with E-state index in [4.69, 9.17) is 9.47 Å². The van der Waals surface area contributed by atoms with E-state index >= 15 is 0 Å². The van der Waals surface area contributed by atoms with E-state index in [2.05, 4.69) is 38.1 Å². The highest BCUT2D eigenvalue weighted by atomic mass is 16.5. The fraction of sp³-hybridized carbons (Fsp3) is 0.778. The van der Waals surface area contributed by atoms with Gasteiger partial charge in [0.05, 0.1) is 13.2 Å². The Hall–Kier alpha value is -1.18. The van der Waals surface area contributed by atoms with Crippen LogP contribution >= 0.6 is 0 Å². The van der Waals surface area contributed by atoms with Gasteiger partial charge in [-0.25, -0.2) is 0 Å². The van der Waals surface area contributed by atoms with E-state index in [0.717, 1.165) is 48.4 Å². The molecule has 2 aliphatic carbocycles. The van der Waals surface area contributed by atoms with Crippen LogP contribution in [0.15, 0.2) is 24.3 Å². The van der Waals surface area contributed by atoms with Crippen LogP contribution in [0.1, 0.15) is 97.3 Å². The Kier molecular flexibility index (Phi) is 9.70. The topological polar surface area (TPSA) is 18.5 Å². The molecular weight excluding hydrogens is 356 g/mol. The number of benzene rings is 1. The third-order valence-electron chi connectivity index (χ3n) is 7.40. The Morgan fingerprint density at radius 1 is 0.690 bits per heavy atom. The molecule has 0 spiro atoms. The van der Waals surface area contributed by atoms with Crippen LogP contribution in [-0.2, 0) is 0 Å². The molecule has 3 rings (SSSR count). The summed E-state index contributed by atoms with van der Waals surface area (Å²) in [7, 11) is 0. The Bertz CT molecular complexity index is 536. The van der Waals surface area contributed by atoms with Crippen LogP contribution in [-0.4, -0.2) is 13.2 Å². The van der Waals surface area contributed by atoms with Crippen molar-refractivity contribution < 1.29 is 9.47 Å². The fourth-order valence-corrected chi connectivity index (χ4v) is 5.21. The van der Waals surface area contributed by atoms with Gasteiger partial charge in [0, 0.05) is 0 Å². The van der Waals surface area contributed by atoms with Gasteiger partial charge in [-0.05, 0) is 73.6 Å². The Balaban J connectivity index is 1.25. The van der Waals surface area contributed by atoms with Crippen LogP contribution in [0.2, 0.25) is 0 Å². The minimum atomic E-state index is 0.740. The average molecular weight is 401 g/mol. The third-order valence-corrected chi connectivity index (χ3v) is 7.40. The van der Waals surface area contributed by atoms with Gasteiger partial charge in [-0.15, -0.1) is 0 Å². The largest absolute Gasteiger partial charge is 0.494 e. The molecule has 0 aromatic heterocycles. The van der Waals surface area contributed by atoms with Crippen molar-refractivity contribution in [1.29, 1.82) is 0 Å². The first-order valence-electron chi connectivity index (χ1n) is 12.6. The normalized spacial score (nSPS) is 27.5. The van der Waals surface area contributed by atoms with Crippen molar-refractivity contribution in [3.63, 3.8) is 0 Å². The molecule has 2 aliphatic rings. The Morgan fingerprint density at radius 3 is 1.79 bits per heavy atom. The number of rotatable bonds is 11. The summed E-state index contributed by atoms with van der Waals surface area (Å²) < 4.78 is 12.0. The summed E-state index contributed by atoms with van der Waals surface area (Å²) in [6, 6.07) is 8.27. The van der Waals surface area contributed by atoms with Crippen LogP contribution < -0.4 is 9.47 Å². The molecule has 0 atom stereocenters. The average Bonchev–Trinajstić information content (AvgIpc) is 2.76. The van der Waals surface area contributed by atoms with Crippen LogP contribution in [0.3, 0.4) is 0 Å². The molecule has 0 aliphatic heterocycles. The van der Waals surface area contributed by atoms with E-state index in [0.29, 0.717) is 0 Å². The summed E-state index contributed by atoms with van der Waals surface area (Å²) in [4.78, 5) is 0. The molecule has 0 amide bonds. The number of hydrogen-bond acceptors (Lipinski definition) is 2. The second-order valence-corrected chi connectivity index (χ2v) is 9.93. The summed E-state index contributed by atoms with van der Waals surface area (Å²) in [5, 5.41) is 0. The van der Waals surface area contributed by atoms with E-state index in [1.165, 1.54) is 83.5 Å². The zero-order valence-corrected chi connectivity index (χ0v) is 19.0. The van der Waals surface area contributed by atoms with Crippen molar-refractivity contribution in [3.8, 4) is 11.5 Å². The van der Waals surface area contributed by atoms with E-state index in [-0.39, 0.29) is 0 Å². The lowest BCUT2D eigenvalue weighted by Gasteiger charge is -2.28. The standard InChI is InChI=1S/C27H44O2/c1-3-4-6-23-12-14-24(15-13-23)7-5-20-28-26-16-18-27(19-17-26)29-21-25-10-8-22(2)9-11-25/h16-19,22-25H,3-15,20-21H2,1-2H3/t22-,23-,24-,25-. The molecule has 1 aromatic carbocycles. The molecule has 2 heteroatoms. The Labute approximate surface area is 179 Å². The highest BCUT2D eigenvalue weighted by Gasteiger charge is 2.20. The van der Waals surface area contributed by atoms with E-state index < -0.39 is 0 Å². The van der Waals surface area contributed by atoms with Crippen molar-refractivity contribution >= 4 is 0 Å². The lowest BCUT2D eigenvalue weighted by Crippen LogP contribution is -2.18. The summed E-state index contributed by atoms with van der Waals surface area (Å²) in [6.45, 7) is 6.39. The maximum Gasteiger partial charge on any atom is 0.119 e. The molecule has 2 saturated carbocycles. The SMILES string of the molecule is CCCC[C@H]1CC[C@H](CCCOc2ccc(OC[C@H]3CC[C@H](C)CC3)cc2)CC1. The van der Waals surface area contributed by atoms with E-state index in [1.807, 2.05) is 0 Å². The van der Waals surface area contributed by atoms with Crippen molar-refractivity contribution in [1.82, 2.24) is 0 Å². The molecule has 0 radical (unpaired) electrons. The van der Waals surface area contributed by atoms with Gasteiger partial charge in [-0.1, -0.05) is 71.6 Å². The predicted octanol–water partition coefficient (Wildman–Crippen LogP) is 8.05. The predicted molar refractivity (Wildman–Crippen MR) is 123 cm³/mol. The maximum atomic E-state index is 6.02. The molecule has 0 saturated heterocycles. The smallest absolute Gasteiger partial charge is 0.119 e. The van der Waals surface area contributed by atoms with Crippen molar-refractivity contribution in [2.24, 2.45) is 23.7 Å². The summed E-state index contributed by atoms with van der Waals surface area (Å²) in [6.07, 6.45) is 17.9. The summed E-state index contributed by atoms with van der Waals surface area (Å²) in [5.74, 6) is 5.56. The lowest BCUT2D eigenvalue weighted by atomic mass is 9.78. The fourth-order valence-electron chi connectivity index (χ4n) is 5.21. The van der Waals surface area contributed by atoms with Gasteiger partial charge in [0.25, 0.3) is 0 Å². The third kappa shape index (κ3) is 8.22. The van der Waals surface area contributed by atoms with Crippen molar-refractivity contribution in [2.45, 2.75) is 97.3 Å². The number of unbranched alkanes of at least 4 members (excludes halogenated alkanes) is 1. The van der Waals surface area contributed by atoms with Crippen LogP contribution in [0.25, 0.3) is 0 Å². The van der Waals surface area contributed by atoms with Gasteiger partial charge in [0.15, 0.2) is 0 Å². The van der Waals surface area contributed by atoms with Gasteiger partial charge >= 0.3 is 0 Å². The first kappa shape index (κ1) is 22.5. The summed E-state index contributed by atoms with van der Waals surface area (Å²) >= 11 is 0. The minimum Gasteiger partial charge on any atom is -0.494 e. The van der Waals surface area contributed by atoms with E-state index in [1.54, 1.807) is 0 Å². The van der Waals surface area contributed by atoms with Gasteiger partial charge in [-0.3, -0.25) is 0 Å². The second-order valence-electron chi connectivity index (χ2n) is 9.93. The molecule has 0 unspecified atom stereocenters. The first-order valence-corrected chi connectivity index (χ1v) is 12.6. The number of ether oxygens (including phenoxy) is 2. The Morgan fingerprint density at radius 2 is 1.21 bits per heavy atom. The molecule has 0 heterocycles. The highest BCUT2D eigenvalue weighted by molar-refractivity contribution is 5.31. The molecular formula is C27H44O2. The van der Waals surface area contributed by atoms with Crippen LogP contribution in [0.4, 0.5) is 0 Å². The van der Waals surface area contributed by atoms with Crippen LogP contribution in [0.5, 0.6) is 11.5 Å². The quantitative estimate of drug-likeness (QED) is 0.350. The molecule has 164 valence electrons. The maximum absolute atomic E-state index is 6.02.